The third-order valence-corrected chi connectivity index (χ3v) is 2.96. The summed E-state index contributed by atoms with van der Waals surface area (Å²) in [4.78, 5) is 20.8. The van der Waals surface area contributed by atoms with E-state index in [1.165, 1.54) is 18.2 Å². The largest absolute Gasteiger partial charge is 0.298 e. The van der Waals surface area contributed by atoms with E-state index in [2.05, 4.69) is 14.8 Å². The van der Waals surface area contributed by atoms with Crippen LogP contribution in [0.3, 0.4) is 0 Å². The molecule has 0 N–H and O–H groups in total. The SMILES string of the molecule is O=Cc1ccc(SBr)c([N+](=O)[O-])c1. The molecule has 0 spiro atoms. The molecule has 0 saturated carbocycles. The molecule has 0 bridgehead atoms. The standard InChI is InChI=1S/C7H4BrNO3S/c8-13-7-2-1-5(4-10)3-6(7)9(11)12/h1-4H. The summed E-state index contributed by atoms with van der Waals surface area (Å²) < 4.78 is 0. The smallest absolute Gasteiger partial charge is 0.284 e. The number of rotatable bonds is 3. The van der Waals surface area contributed by atoms with Crippen LogP contribution >= 0.6 is 25.0 Å². The second-order valence-electron chi connectivity index (χ2n) is 2.18. The first-order chi connectivity index (χ1) is 6.19. The Morgan fingerprint density at radius 3 is 2.69 bits per heavy atom. The number of hydrogen-bond acceptors (Lipinski definition) is 4. The molecule has 6 heteroatoms. The Balaban J connectivity index is 3.25. The minimum atomic E-state index is -0.517. The topological polar surface area (TPSA) is 60.2 Å². The molecule has 1 aromatic rings. The van der Waals surface area contributed by atoms with Crippen LogP contribution in [0.5, 0.6) is 0 Å². The molecule has 0 radical (unpaired) electrons. The zero-order chi connectivity index (χ0) is 9.84. The Kier molecular flexibility index (Phi) is 3.44. The number of carbonyl (C=O) groups excluding carboxylic acids is 1. The molecule has 1 rings (SSSR count). The summed E-state index contributed by atoms with van der Waals surface area (Å²) in [7, 11) is 1.10. The van der Waals surface area contributed by atoms with Crippen molar-refractivity contribution in [1.82, 2.24) is 0 Å². The van der Waals surface area contributed by atoms with Crippen molar-refractivity contribution in [3.63, 3.8) is 0 Å². The molecule has 0 aromatic heterocycles. The second-order valence-corrected chi connectivity index (χ2v) is 3.74. The average Bonchev–Trinajstić information content (AvgIpc) is 2.16. The zero-order valence-electron chi connectivity index (χ0n) is 6.27. The number of nitro benzene ring substituents is 1. The summed E-state index contributed by atoms with van der Waals surface area (Å²) >= 11 is 3.05. The maximum Gasteiger partial charge on any atom is 0.284 e. The predicted molar refractivity (Wildman–Crippen MR) is 53.3 cm³/mol. The Bertz CT molecular complexity index is 356. The van der Waals surface area contributed by atoms with E-state index in [4.69, 9.17) is 0 Å². The van der Waals surface area contributed by atoms with Gasteiger partial charge in [-0.15, -0.1) is 0 Å². The molecule has 0 heterocycles. The molecular weight excluding hydrogens is 258 g/mol. The molecule has 4 nitrogen and oxygen atoms in total. The molecule has 0 aliphatic heterocycles. The number of nitro groups is 1. The van der Waals surface area contributed by atoms with E-state index < -0.39 is 4.92 Å². The van der Waals surface area contributed by atoms with Crippen LogP contribution in [-0.4, -0.2) is 11.2 Å². The van der Waals surface area contributed by atoms with Crippen LogP contribution in [0.1, 0.15) is 10.4 Å². The number of carbonyl (C=O) groups is 1. The maximum atomic E-state index is 10.5. The van der Waals surface area contributed by atoms with E-state index in [1.54, 1.807) is 0 Å². The van der Waals surface area contributed by atoms with E-state index >= 15 is 0 Å². The van der Waals surface area contributed by atoms with Gasteiger partial charge >= 0.3 is 0 Å². The van der Waals surface area contributed by atoms with Crippen LogP contribution < -0.4 is 0 Å². The van der Waals surface area contributed by atoms with Gasteiger partial charge in [-0.2, -0.15) is 0 Å². The van der Waals surface area contributed by atoms with Crippen LogP contribution in [0, 0.1) is 10.1 Å². The highest BCUT2D eigenvalue weighted by Gasteiger charge is 2.13. The quantitative estimate of drug-likeness (QED) is 0.477. The van der Waals surface area contributed by atoms with Gasteiger partial charge in [0.1, 0.15) is 6.29 Å². The number of halogens is 1. The van der Waals surface area contributed by atoms with Crippen molar-refractivity contribution in [2.75, 3.05) is 0 Å². The van der Waals surface area contributed by atoms with Crippen LogP contribution in [-0.2, 0) is 0 Å². The van der Waals surface area contributed by atoms with Crippen molar-refractivity contribution in [1.29, 1.82) is 0 Å². The minimum Gasteiger partial charge on any atom is -0.298 e. The van der Waals surface area contributed by atoms with Crippen LogP contribution in [0.25, 0.3) is 0 Å². The summed E-state index contributed by atoms with van der Waals surface area (Å²) in [5.74, 6) is 0. The van der Waals surface area contributed by atoms with Gasteiger partial charge < -0.3 is 0 Å². The van der Waals surface area contributed by atoms with Crippen molar-refractivity contribution in [2.45, 2.75) is 4.90 Å². The lowest BCUT2D eigenvalue weighted by Gasteiger charge is -1.97. The fraction of sp³-hybridized carbons (Fsp3) is 0. The second kappa shape index (κ2) is 4.38. The van der Waals surface area contributed by atoms with E-state index in [9.17, 15) is 14.9 Å². The summed E-state index contributed by atoms with van der Waals surface area (Å²) in [5, 5.41) is 10.5. The minimum absolute atomic E-state index is 0.0634. The summed E-state index contributed by atoms with van der Waals surface area (Å²) in [5.41, 5.74) is 0.239. The number of benzene rings is 1. The molecule has 0 amide bonds. The first-order valence-electron chi connectivity index (χ1n) is 3.21. The highest BCUT2D eigenvalue weighted by Crippen LogP contribution is 2.33. The molecule has 0 unspecified atom stereocenters. The van der Waals surface area contributed by atoms with E-state index in [-0.39, 0.29) is 5.69 Å². The van der Waals surface area contributed by atoms with Gasteiger partial charge in [-0.05, 0) is 31.1 Å². The predicted octanol–water partition coefficient (Wildman–Crippen LogP) is 2.81. The van der Waals surface area contributed by atoms with Gasteiger partial charge in [-0.25, -0.2) is 0 Å². The van der Waals surface area contributed by atoms with Gasteiger partial charge in [0.05, 0.1) is 9.82 Å². The Hall–Kier alpha value is -0.880. The maximum absolute atomic E-state index is 10.5. The molecule has 0 aliphatic rings. The lowest BCUT2D eigenvalue weighted by molar-refractivity contribution is -0.387. The third-order valence-electron chi connectivity index (χ3n) is 1.40. The fourth-order valence-corrected chi connectivity index (χ4v) is 1.97. The summed E-state index contributed by atoms with van der Waals surface area (Å²) in [6.45, 7) is 0. The molecule has 1 aromatic carbocycles. The molecular formula is C7H4BrNO3S. The lowest BCUT2D eigenvalue weighted by atomic mass is 10.2. The fourth-order valence-electron chi connectivity index (χ4n) is 0.816. The highest BCUT2D eigenvalue weighted by atomic mass is 79.9. The van der Waals surface area contributed by atoms with Crippen LogP contribution in [0.2, 0.25) is 0 Å². The van der Waals surface area contributed by atoms with E-state index in [0.29, 0.717) is 16.7 Å². The van der Waals surface area contributed by atoms with Gasteiger partial charge in [0, 0.05) is 11.6 Å². The van der Waals surface area contributed by atoms with Crippen LogP contribution in [0.15, 0.2) is 23.1 Å². The monoisotopic (exact) mass is 261 g/mol. The lowest BCUT2D eigenvalue weighted by Crippen LogP contribution is -1.91. The highest BCUT2D eigenvalue weighted by molar-refractivity contribution is 9.50. The van der Waals surface area contributed by atoms with Gasteiger partial charge in [-0.3, -0.25) is 14.9 Å². The van der Waals surface area contributed by atoms with Crippen LogP contribution in [0.4, 0.5) is 5.69 Å². The van der Waals surface area contributed by atoms with E-state index in [0.717, 1.165) is 10.2 Å². The molecule has 0 aliphatic carbocycles. The molecule has 68 valence electrons. The molecule has 13 heavy (non-hydrogen) atoms. The van der Waals surface area contributed by atoms with Crippen molar-refractivity contribution >= 4 is 37.0 Å². The average molecular weight is 262 g/mol. The van der Waals surface area contributed by atoms with Gasteiger partial charge in [0.15, 0.2) is 0 Å². The van der Waals surface area contributed by atoms with Gasteiger partial charge in [0.2, 0.25) is 0 Å². The molecule has 0 atom stereocenters. The van der Waals surface area contributed by atoms with Crippen molar-refractivity contribution in [2.24, 2.45) is 0 Å². The summed E-state index contributed by atoms with van der Waals surface area (Å²) in [6.07, 6.45) is 0.579. The molecule has 0 saturated heterocycles. The Morgan fingerprint density at radius 1 is 1.54 bits per heavy atom. The third kappa shape index (κ3) is 2.28. The van der Waals surface area contributed by atoms with Crippen molar-refractivity contribution in [3.8, 4) is 0 Å². The van der Waals surface area contributed by atoms with Gasteiger partial charge in [0.25, 0.3) is 5.69 Å². The Morgan fingerprint density at radius 2 is 2.23 bits per heavy atom. The number of aldehydes is 1. The first-order valence-corrected chi connectivity index (χ1v) is 5.87. The Labute approximate surface area is 85.7 Å². The first kappa shape index (κ1) is 10.2. The normalized spacial score (nSPS) is 9.62. The van der Waals surface area contributed by atoms with E-state index in [1.807, 2.05) is 0 Å². The van der Waals surface area contributed by atoms with Gasteiger partial charge in [-0.1, -0.05) is 6.07 Å². The number of nitrogens with zero attached hydrogens (tertiary/aromatic N) is 1. The number of hydrogen-bond donors (Lipinski definition) is 0. The molecule has 0 fully saturated rings. The van der Waals surface area contributed by atoms with Crippen molar-refractivity contribution < 1.29 is 9.72 Å². The zero-order valence-corrected chi connectivity index (χ0v) is 8.67. The summed E-state index contributed by atoms with van der Waals surface area (Å²) in [6, 6.07) is 4.31. The van der Waals surface area contributed by atoms with Crippen molar-refractivity contribution in [3.05, 3.63) is 33.9 Å².